The lowest BCUT2D eigenvalue weighted by Crippen LogP contribution is -2.20. The van der Waals surface area contributed by atoms with Crippen molar-refractivity contribution in [3.8, 4) is 33.8 Å². The van der Waals surface area contributed by atoms with Crippen LogP contribution in [-0.2, 0) is 11.3 Å². The van der Waals surface area contributed by atoms with E-state index in [1.54, 1.807) is 36.1 Å². The van der Waals surface area contributed by atoms with Crippen LogP contribution in [-0.4, -0.2) is 71.1 Å². The van der Waals surface area contributed by atoms with Crippen molar-refractivity contribution in [1.29, 1.82) is 0 Å². The normalized spacial score (nSPS) is 11.0. The zero-order valence-corrected chi connectivity index (χ0v) is 35.3. The average molecular weight is 841 g/mol. The number of carbonyl (C=O) groups is 1. The molecular weight excluding hydrogens is 793 g/mol. The predicted octanol–water partition coefficient (Wildman–Crippen LogP) is 9.88. The van der Waals surface area contributed by atoms with Crippen molar-refractivity contribution in [3.05, 3.63) is 168 Å². The number of anilines is 6. The average Bonchev–Trinajstić information content (AvgIpc) is 3.82. The zero-order chi connectivity index (χ0) is 43.5. The molecular formula is C50H48N8O5. The minimum Gasteiger partial charge on any atom is -0.488 e. The van der Waals surface area contributed by atoms with Crippen molar-refractivity contribution in [2.75, 3.05) is 56.4 Å². The van der Waals surface area contributed by atoms with Crippen molar-refractivity contribution in [2.45, 2.75) is 13.5 Å². The van der Waals surface area contributed by atoms with Gasteiger partial charge in [-0.05, 0) is 116 Å². The molecule has 63 heavy (non-hydrogen) atoms. The van der Waals surface area contributed by atoms with Gasteiger partial charge in [-0.3, -0.25) is 4.79 Å². The number of carbonyl (C=O) groups excluding carboxylic acids is 1. The van der Waals surface area contributed by atoms with Crippen LogP contribution in [0.3, 0.4) is 0 Å². The Kier molecular flexibility index (Phi) is 13.0. The summed E-state index contributed by atoms with van der Waals surface area (Å²) in [7, 11) is 4.00. The van der Waals surface area contributed by atoms with Crippen LogP contribution >= 0.6 is 0 Å². The summed E-state index contributed by atoms with van der Waals surface area (Å²) >= 11 is 0. The number of para-hydroxylation sites is 1. The number of nitrogens with zero attached hydrogens (tertiary/aromatic N) is 4. The number of rotatable bonds is 18. The molecule has 318 valence electrons. The monoisotopic (exact) mass is 840 g/mol. The topological polar surface area (TPSA) is 148 Å². The number of benzene rings is 6. The molecule has 2 heterocycles. The third-order valence-electron chi connectivity index (χ3n) is 10.2. The van der Waals surface area contributed by atoms with E-state index in [9.17, 15) is 9.59 Å². The summed E-state index contributed by atoms with van der Waals surface area (Å²) in [5.41, 5.74) is 9.49. The zero-order valence-electron chi connectivity index (χ0n) is 35.3. The van der Waals surface area contributed by atoms with Crippen molar-refractivity contribution >= 4 is 51.0 Å². The molecule has 0 fully saturated rings. The highest BCUT2D eigenvalue weighted by Gasteiger charge is 2.17. The Labute approximate surface area is 365 Å². The molecule has 6 aromatic carbocycles. The Morgan fingerprint density at radius 1 is 0.683 bits per heavy atom. The van der Waals surface area contributed by atoms with E-state index in [0.717, 1.165) is 61.8 Å². The van der Waals surface area contributed by atoms with Gasteiger partial charge in [-0.1, -0.05) is 60.7 Å². The number of hydrogen-bond donors (Lipinski definition) is 4. The van der Waals surface area contributed by atoms with Gasteiger partial charge in [0.2, 0.25) is 5.56 Å². The van der Waals surface area contributed by atoms with Crippen LogP contribution in [0.15, 0.2) is 157 Å². The first-order chi connectivity index (χ1) is 30.8. The maximum Gasteiger partial charge on any atom is 0.338 e. The number of aromatic nitrogens is 4. The lowest BCUT2D eigenvalue weighted by molar-refractivity contribution is 0.0526. The second-order valence-corrected chi connectivity index (χ2v) is 15.0. The first-order valence-corrected chi connectivity index (χ1v) is 20.7. The summed E-state index contributed by atoms with van der Waals surface area (Å²) in [6.07, 6.45) is 3.15. The molecule has 0 atom stereocenters. The fraction of sp³-hybridized carbons (Fsp3) is 0.160. The number of ether oxygens (including phenoxy) is 3. The van der Waals surface area contributed by atoms with Crippen LogP contribution < -0.4 is 31.0 Å². The second-order valence-electron chi connectivity index (χ2n) is 15.0. The lowest BCUT2D eigenvalue weighted by Gasteiger charge is -2.19. The number of H-pyrrole nitrogens is 1. The van der Waals surface area contributed by atoms with Crippen LogP contribution in [0.5, 0.6) is 11.5 Å². The van der Waals surface area contributed by atoms with E-state index >= 15 is 0 Å². The minimum atomic E-state index is -0.365. The van der Waals surface area contributed by atoms with Gasteiger partial charge < -0.3 is 40.0 Å². The summed E-state index contributed by atoms with van der Waals surface area (Å²) in [5, 5.41) is 15.7. The van der Waals surface area contributed by atoms with E-state index in [0.29, 0.717) is 55.5 Å². The summed E-state index contributed by atoms with van der Waals surface area (Å²) < 4.78 is 19.7. The van der Waals surface area contributed by atoms with Gasteiger partial charge in [0.1, 0.15) is 25.9 Å². The van der Waals surface area contributed by atoms with Crippen LogP contribution in [0.4, 0.5) is 34.1 Å². The molecule has 0 saturated carbocycles. The van der Waals surface area contributed by atoms with Crippen LogP contribution in [0.25, 0.3) is 33.2 Å². The van der Waals surface area contributed by atoms with E-state index in [2.05, 4.69) is 60.2 Å². The molecule has 0 aliphatic rings. The molecule has 0 radical (unpaired) electrons. The molecule has 0 bridgehead atoms. The molecule has 0 aliphatic carbocycles. The number of likely N-dealkylation sites (N-methyl/N-ethyl adjacent to an activating group) is 1. The fourth-order valence-electron chi connectivity index (χ4n) is 7.11. The lowest BCUT2D eigenvalue weighted by atomic mass is 10.0. The standard InChI is InChI=1S/C50H48N8O5/c1-4-61-50(60)36-18-22-39(23-19-36)53-43-14-9-15-44(48(43)62-29-27-58-33-51-32-52-58)55-40-13-8-12-37(30-40)34-16-20-38(21-17-34)54-45-25-24-41-42(35-10-6-5-7-11-35)31-46(59)56-47(41)49(45)63-28-26-57(2)3/h5-25,30-33,53-55H,4,26-29H2,1-3H3,(H,56,59). The number of aromatic amines is 1. The molecule has 0 amide bonds. The summed E-state index contributed by atoms with van der Waals surface area (Å²) in [6, 6.07) is 44.9. The Morgan fingerprint density at radius 3 is 2.05 bits per heavy atom. The maximum atomic E-state index is 13.0. The van der Waals surface area contributed by atoms with E-state index in [1.165, 1.54) is 6.33 Å². The van der Waals surface area contributed by atoms with Crippen molar-refractivity contribution < 1.29 is 19.0 Å². The number of pyridine rings is 1. The van der Waals surface area contributed by atoms with Crippen molar-refractivity contribution in [3.63, 3.8) is 0 Å². The SMILES string of the molecule is CCOC(=O)c1ccc(Nc2cccc(Nc3cccc(-c4ccc(Nc5ccc6c(-c7ccccc7)cc(=O)[nH]c6c5OCCN(C)C)cc4)c3)c2OCCn2cncn2)cc1. The van der Waals surface area contributed by atoms with Crippen molar-refractivity contribution in [1.82, 2.24) is 24.6 Å². The summed E-state index contributed by atoms with van der Waals surface area (Å²) in [6.45, 7) is 4.08. The first-order valence-electron chi connectivity index (χ1n) is 20.7. The van der Waals surface area contributed by atoms with Gasteiger partial charge >= 0.3 is 5.97 Å². The van der Waals surface area contributed by atoms with Crippen LogP contribution in [0.1, 0.15) is 17.3 Å². The third kappa shape index (κ3) is 10.4. The van der Waals surface area contributed by atoms with Gasteiger partial charge in [0.25, 0.3) is 0 Å². The smallest absolute Gasteiger partial charge is 0.338 e. The van der Waals surface area contributed by atoms with Gasteiger partial charge in [-0.2, -0.15) is 5.10 Å². The van der Waals surface area contributed by atoms with Gasteiger partial charge in [0.15, 0.2) is 11.5 Å². The second kappa shape index (κ2) is 19.7. The molecule has 0 unspecified atom stereocenters. The highest BCUT2D eigenvalue weighted by Crippen LogP contribution is 2.40. The Balaban J connectivity index is 1.03. The van der Waals surface area contributed by atoms with E-state index in [-0.39, 0.29) is 11.5 Å². The van der Waals surface area contributed by atoms with E-state index < -0.39 is 0 Å². The number of hydrogen-bond acceptors (Lipinski definition) is 11. The van der Waals surface area contributed by atoms with Crippen LogP contribution in [0.2, 0.25) is 0 Å². The largest absolute Gasteiger partial charge is 0.488 e. The quantitative estimate of drug-likeness (QED) is 0.0612. The van der Waals surface area contributed by atoms with Crippen molar-refractivity contribution in [2.24, 2.45) is 0 Å². The molecule has 8 aromatic rings. The van der Waals surface area contributed by atoms with E-state index in [4.69, 9.17) is 14.2 Å². The minimum absolute atomic E-state index is 0.201. The van der Waals surface area contributed by atoms with Gasteiger partial charge in [-0.25, -0.2) is 14.5 Å². The summed E-state index contributed by atoms with van der Waals surface area (Å²) in [5.74, 6) is 0.836. The van der Waals surface area contributed by atoms with Crippen LogP contribution in [0, 0.1) is 0 Å². The highest BCUT2D eigenvalue weighted by molar-refractivity contribution is 6.00. The Morgan fingerprint density at radius 2 is 1.35 bits per heavy atom. The first kappa shape index (κ1) is 41.8. The van der Waals surface area contributed by atoms with E-state index in [1.807, 2.05) is 111 Å². The number of fused-ring (bicyclic) bond motifs is 1. The molecule has 0 saturated heterocycles. The number of nitrogens with one attached hydrogen (secondary N) is 4. The Bertz CT molecular complexity index is 2850. The third-order valence-corrected chi connectivity index (χ3v) is 10.2. The Hall–Kier alpha value is -7.90. The molecule has 2 aromatic heterocycles. The predicted molar refractivity (Wildman–Crippen MR) is 250 cm³/mol. The van der Waals surface area contributed by atoms with Gasteiger partial charge in [0.05, 0.1) is 41.3 Å². The molecule has 4 N–H and O–H groups in total. The van der Waals surface area contributed by atoms with Gasteiger partial charge in [0, 0.05) is 35.1 Å². The molecule has 0 spiro atoms. The molecule has 13 nitrogen and oxygen atoms in total. The fourth-order valence-corrected chi connectivity index (χ4v) is 7.11. The summed E-state index contributed by atoms with van der Waals surface area (Å²) in [4.78, 5) is 34.4. The molecule has 8 rings (SSSR count). The maximum absolute atomic E-state index is 13.0. The van der Waals surface area contributed by atoms with Gasteiger partial charge in [-0.15, -0.1) is 0 Å². The molecule has 0 aliphatic heterocycles. The highest BCUT2D eigenvalue weighted by atomic mass is 16.5. The number of esters is 1. The molecule has 13 heteroatoms.